The summed E-state index contributed by atoms with van der Waals surface area (Å²) in [5.74, 6) is 2.31. The molecule has 0 spiro atoms. The molecule has 0 unspecified atom stereocenters. The average molecular weight is 212 g/mol. The molecule has 0 bridgehead atoms. The molecule has 2 nitrogen and oxygen atoms in total. The van der Waals surface area contributed by atoms with E-state index in [2.05, 4.69) is 26.8 Å². The Labute approximate surface area is 90.6 Å². The lowest BCUT2D eigenvalue weighted by Gasteiger charge is -2.43. The third kappa shape index (κ3) is 2.18. The molecule has 2 rings (SSSR count). The van der Waals surface area contributed by atoms with Gasteiger partial charge < -0.3 is 9.31 Å². The first kappa shape index (κ1) is 10.6. The first-order chi connectivity index (χ1) is 6.57. The molecule has 0 amide bonds. The van der Waals surface area contributed by atoms with E-state index < -0.39 is 0 Å². The zero-order valence-electron chi connectivity index (χ0n) is 9.08. The van der Waals surface area contributed by atoms with Crippen LogP contribution in [0.3, 0.4) is 0 Å². The van der Waals surface area contributed by atoms with Crippen LogP contribution in [0.1, 0.15) is 27.2 Å². The van der Waals surface area contributed by atoms with E-state index in [1.54, 1.807) is 0 Å². The fraction of sp³-hybridized carbons (Fsp3) is 0.800. The highest BCUT2D eigenvalue weighted by Crippen LogP contribution is 2.35. The van der Waals surface area contributed by atoms with E-state index in [0.29, 0.717) is 0 Å². The van der Waals surface area contributed by atoms with Gasteiger partial charge in [0.15, 0.2) is 0 Å². The van der Waals surface area contributed by atoms with Crippen LogP contribution in [0.4, 0.5) is 0 Å². The molecule has 78 valence electrons. The van der Waals surface area contributed by atoms with E-state index in [4.69, 9.17) is 9.31 Å². The molecule has 1 fully saturated rings. The Morgan fingerprint density at radius 2 is 2.14 bits per heavy atom. The highest BCUT2D eigenvalue weighted by molar-refractivity contribution is 7.99. The molecule has 2 aliphatic rings. The van der Waals surface area contributed by atoms with Crippen LogP contribution in [-0.2, 0) is 9.31 Å². The second-order valence-corrected chi connectivity index (χ2v) is 6.06. The van der Waals surface area contributed by atoms with Gasteiger partial charge in [-0.1, -0.05) is 26.8 Å². The smallest absolute Gasteiger partial charge is 0.382 e. The average Bonchev–Trinajstić information content (AvgIpc) is 2.00. The Kier molecular flexibility index (Phi) is 2.96. The Hall–Kier alpha value is 0.0749. The highest BCUT2D eigenvalue weighted by atomic mass is 32.2. The molecular weight excluding hydrogens is 195 g/mol. The standard InChI is InChI=1S/C10H17BO2S/c1-10(2,3)9-12-11(13-9)8-4-6-14-7-5-8/h4,9H,5-7H2,1-3H3. The Morgan fingerprint density at radius 1 is 1.43 bits per heavy atom. The predicted octanol–water partition coefficient (Wildman–Crippen LogP) is 2.50. The van der Waals surface area contributed by atoms with Gasteiger partial charge >= 0.3 is 7.12 Å². The quantitative estimate of drug-likeness (QED) is 0.622. The molecule has 2 heterocycles. The molecule has 14 heavy (non-hydrogen) atoms. The monoisotopic (exact) mass is 212 g/mol. The molecule has 0 aromatic rings. The Balaban J connectivity index is 1.85. The minimum atomic E-state index is -0.0416. The number of thioether (sulfide) groups is 1. The van der Waals surface area contributed by atoms with Gasteiger partial charge in [0.25, 0.3) is 0 Å². The maximum Gasteiger partial charge on any atom is 0.493 e. The lowest BCUT2D eigenvalue weighted by Crippen LogP contribution is -2.53. The summed E-state index contributed by atoms with van der Waals surface area (Å²) in [4.78, 5) is 0. The van der Waals surface area contributed by atoms with Crippen LogP contribution in [0, 0.1) is 5.41 Å². The van der Waals surface area contributed by atoms with Crippen molar-refractivity contribution in [3.63, 3.8) is 0 Å². The lowest BCUT2D eigenvalue weighted by molar-refractivity contribution is -0.169. The lowest BCUT2D eigenvalue weighted by atomic mass is 9.72. The first-order valence-electron chi connectivity index (χ1n) is 5.15. The van der Waals surface area contributed by atoms with Crippen molar-refractivity contribution in [2.45, 2.75) is 33.5 Å². The molecule has 0 radical (unpaired) electrons. The van der Waals surface area contributed by atoms with Crippen LogP contribution in [0.2, 0.25) is 0 Å². The second kappa shape index (κ2) is 3.91. The third-order valence-corrected chi connectivity index (χ3v) is 3.40. The van der Waals surface area contributed by atoms with Crippen LogP contribution in [0.15, 0.2) is 11.5 Å². The normalized spacial score (nSPS) is 24.5. The molecule has 0 atom stereocenters. The minimum absolute atomic E-state index is 0.0250. The van der Waals surface area contributed by atoms with E-state index in [0.717, 1.165) is 12.2 Å². The van der Waals surface area contributed by atoms with Crippen LogP contribution >= 0.6 is 11.8 Å². The molecule has 0 aromatic carbocycles. The van der Waals surface area contributed by atoms with Crippen molar-refractivity contribution in [1.29, 1.82) is 0 Å². The van der Waals surface area contributed by atoms with Crippen molar-refractivity contribution < 1.29 is 9.31 Å². The van der Waals surface area contributed by atoms with Gasteiger partial charge in [-0.3, -0.25) is 0 Å². The van der Waals surface area contributed by atoms with Crippen molar-refractivity contribution in [3.05, 3.63) is 11.5 Å². The number of hydrogen-bond donors (Lipinski definition) is 0. The second-order valence-electron chi connectivity index (χ2n) is 4.91. The Morgan fingerprint density at radius 3 is 2.64 bits per heavy atom. The zero-order chi connectivity index (χ0) is 10.2. The summed E-state index contributed by atoms with van der Waals surface area (Å²) >= 11 is 1.97. The summed E-state index contributed by atoms with van der Waals surface area (Å²) in [5, 5.41) is 0. The van der Waals surface area contributed by atoms with Crippen LogP contribution in [0.25, 0.3) is 0 Å². The third-order valence-electron chi connectivity index (χ3n) is 2.50. The van der Waals surface area contributed by atoms with Crippen LogP contribution in [-0.4, -0.2) is 24.9 Å². The molecule has 0 aromatic heterocycles. The maximum absolute atomic E-state index is 5.74. The van der Waals surface area contributed by atoms with Gasteiger partial charge in [0.2, 0.25) is 0 Å². The van der Waals surface area contributed by atoms with Gasteiger partial charge in [0, 0.05) is 11.2 Å². The summed E-state index contributed by atoms with van der Waals surface area (Å²) < 4.78 is 11.5. The molecule has 2 aliphatic heterocycles. The van der Waals surface area contributed by atoms with Crippen molar-refractivity contribution in [1.82, 2.24) is 0 Å². The van der Waals surface area contributed by atoms with Gasteiger partial charge in [0.05, 0.1) is 0 Å². The number of rotatable bonds is 1. The summed E-state index contributed by atoms with van der Waals surface area (Å²) in [6.45, 7) is 6.41. The van der Waals surface area contributed by atoms with Crippen molar-refractivity contribution in [2.75, 3.05) is 11.5 Å². The fourth-order valence-electron chi connectivity index (χ4n) is 1.57. The van der Waals surface area contributed by atoms with Crippen LogP contribution < -0.4 is 0 Å². The molecule has 1 saturated heterocycles. The van der Waals surface area contributed by atoms with Gasteiger partial charge in [-0.05, 0) is 17.6 Å². The molecular formula is C10H17BO2S. The molecule has 0 N–H and O–H groups in total. The minimum Gasteiger partial charge on any atom is -0.382 e. The van der Waals surface area contributed by atoms with Crippen molar-refractivity contribution in [2.24, 2.45) is 5.41 Å². The summed E-state index contributed by atoms with van der Waals surface area (Å²) in [5.41, 5.74) is 1.43. The van der Waals surface area contributed by atoms with E-state index in [1.807, 2.05) is 11.8 Å². The predicted molar refractivity (Wildman–Crippen MR) is 61.2 cm³/mol. The molecule has 4 heteroatoms. The maximum atomic E-state index is 5.74. The van der Waals surface area contributed by atoms with Crippen molar-refractivity contribution in [3.8, 4) is 0 Å². The van der Waals surface area contributed by atoms with Crippen LogP contribution in [0.5, 0.6) is 0 Å². The highest BCUT2D eigenvalue weighted by Gasteiger charge is 2.45. The van der Waals surface area contributed by atoms with Gasteiger partial charge in [0.1, 0.15) is 6.29 Å². The number of allylic oxidation sites excluding steroid dienone is 1. The van der Waals surface area contributed by atoms with Gasteiger partial charge in [-0.15, -0.1) is 0 Å². The van der Waals surface area contributed by atoms with Gasteiger partial charge in [-0.25, -0.2) is 0 Å². The molecule has 0 saturated carbocycles. The van der Waals surface area contributed by atoms with E-state index in [9.17, 15) is 0 Å². The fourth-order valence-corrected chi connectivity index (χ4v) is 2.45. The Bertz CT molecular complexity index is 241. The van der Waals surface area contributed by atoms with E-state index in [-0.39, 0.29) is 18.8 Å². The van der Waals surface area contributed by atoms with E-state index in [1.165, 1.54) is 11.2 Å². The summed E-state index contributed by atoms with van der Waals surface area (Å²) in [6, 6.07) is 0. The van der Waals surface area contributed by atoms with Crippen molar-refractivity contribution >= 4 is 18.9 Å². The van der Waals surface area contributed by atoms with E-state index >= 15 is 0 Å². The topological polar surface area (TPSA) is 18.5 Å². The SMILES string of the molecule is CC(C)(C)C1OB(C2=CCSCC2)O1. The largest absolute Gasteiger partial charge is 0.493 e. The number of hydrogen-bond acceptors (Lipinski definition) is 3. The summed E-state index contributed by atoms with van der Waals surface area (Å²) in [6.07, 6.45) is 3.34. The molecule has 0 aliphatic carbocycles. The van der Waals surface area contributed by atoms with Gasteiger partial charge in [-0.2, -0.15) is 11.8 Å². The zero-order valence-corrected chi connectivity index (χ0v) is 9.89. The summed E-state index contributed by atoms with van der Waals surface area (Å²) in [7, 11) is -0.0416. The first-order valence-corrected chi connectivity index (χ1v) is 6.30.